The summed E-state index contributed by atoms with van der Waals surface area (Å²) < 4.78 is 10.9. The van der Waals surface area contributed by atoms with Crippen molar-refractivity contribution in [1.29, 1.82) is 0 Å². The average molecular weight is 281 g/mol. The Morgan fingerprint density at radius 2 is 2.00 bits per heavy atom. The number of nitrogens with one attached hydrogen (secondary N) is 1. The molecule has 0 spiro atoms. The third-order valence-corrected chi connectivity index (χ3v) is 3.47. The van der Waals surface area contributed by atoms with Gasteiger partial charge in [0.15, 0.2) is 5.22 Å². The van der Waals surface area contributed by atoms with Gasteiger partial charge < -0.3 is 9.15 Å². The van der Waals surface area contributed by atoms with Gasteiger partial charge in [-0.3, -0.25) is 5.84 Å². The Hall–Kier alpha value is -1.49. The van der Waals surface area contributed by atoms with Crippen LogP contribution in [0.4, 0.5) is 0 Å². The summed E-state index contributed by atoms with van der Waals surface area (Å²) in [5, 5.41) is 0.332. The number of aryl methyl sites for hydroxylation is 1. The molecule has 2 aromatic rings. The molecule has 5 heteroatoms. The quantitative estimate of drug-likeness (QED) is 0.667. The van der Waals surface area contributed by atoms with E-state index in [0.717, 1.165) is 22.4 Å². The van der Waals surface area contributed by atoms with E-state index in [1.54, 1.807) is 19.2 Å². The van der Waals surface area contributed by atoms with Crippen LogP contribution in [0, 0.1) is 13.8 Å². The minimum atomic E-state index is -0.304. The number of methoxy groups -OCH3 is 1. The molecule has 0 aliphatic heterocycles. The van der Waals surface area contributed by atoms with Crippen LogP contribution in [0.25, 0.3) is 0 Å². The molecule has 0 radical (unpaired) electrons. The molecule has 0 saturated carbocycles. The second-order valence-corrected chi connectivity index (χ2v) is 4.74. The van der Waals surface area contributed by atoms with Gasteiger partial charge in [-0.1, -0.05) is 12.1 Å². The topological polar surface area (TPSA) is 60.4 Å². The van der Waals surface area contributed by atoms with Crippen molar-refractivity contribution in [2.75, 3.05) is 7.11 Å². The first-order valence-electron chi connectivity index (χ1n) is 5.94. The predicted molar refractivity (Wildman–Crippen MR) is 75.4 cm³/mol. The molecule has 102 valence electrons. The highest BCUT2D eigenvalue weighted by molar-refractivity contribution is 6.28. The number of furan rings is 1. The number of rotatable bonds is 4. The molecule has 1 aromatic carbocycles. The van der Waals surface area contributed by atoms with E-state index in [0.29, 0.717) is 11.0 Å². The van der Waals surface area contributed by atoms with E-state index in [1.807, 2.05) is 26.0 Å². The Morgan fingerprint density at radius 3 is 2.53 bits per heavy atom. The molecule has 0 saturated heterocycles. The number of hydrogen-bond donors (Lipinski definition) is 2. The van der Waals surface area contributed by atoms with Gasteiger partial charge in [0, 0.05) is 5.56 Å². The lowest BCUT2D eigenvalue weighted by Crippen LogP contribution is -2.29. The third kappa shape index (κ3) is 2.61. The Kier molecular flexibility index (Phi) is 4.14. The summed E-state index contributed by atoms with van der Waals surface area (Å²) in [6.45, 7) is 4.05. The second kappa shape index (κ2) is 5.65. The molecule has 0 aliphatic carbocycles. The normalized spacial score (nSPS) is 12.5. The monoisotopic (exact) mass is 280 g/mol. The highest BCUT2D eigenvalue weighted by atomic mass is 35.5. The number of ether oxygens (including phenoxy) is 1. The van der Waals surface area contributed by atoms with E-state index in [2.05, 4.69) is 5.43 Å². The highest BCUT2D eigenvalue weighted by Gasteiger charge is 2.21. The van der Waals surface area contributed by atoms with Gasteiger partial charge in [0.1, 0.15) is 17.6 Å². The van der Waals surface area contributed by atoms with Gasteiger partial charge in [-0.2, -0.15) is 0 Å². The number of hydrazine groups is 1. The lowest BCUT2D eigenvalue weighted by Gasteiger charge is -2.19. The Labute approximate surface area is 117 Å². The van der Waals surface area contributed by atoms with Gasteiger partial charge in [0.25, 0.3) is 0 Å². The lowest BCUT2D eigenvalue weighted by molar-refractivity contribution is 0.391. The van der Waals surface area contributed by atoms with Crippen molar-refractivity contribution < 1.29 is 9.15 Å². The molecule has 0 amide bonds. The van der Waals surface area contributed by atoms with Gasteiger partial charge in [-0.05, 0) is 48.7 Å². The molecule has 2 rings (SSSR count). The second-order valence-electron chi connectivity index (χ2n) is 4.37. The predicted octanol–water partition coefficient (Wildman–Crippen LogP) is 3.11. The molecule has 3 N–H and O–H groups in total. The fourth-order valence-corrected chi connectivity index (χ4v) is 2.27. The highest BCUT2D eigenvalue weighted by Crippen LogP contribution is 2.34. The van der Waals surface area contributed by atoms with Crippen LogP contribution >= 0.6 is 11.6 Å². The van der Waals surface area contributed by atoms with Crippen LogP contribution in [-0.4, -0.2) is 7.11 Å². The van der Waals surface area contributed by atoms with E-state index >= 15 is 0 Å². The maximum absolute atomic E-state index is 5.81. The van der Waals surface area contributed by atoms with Crippen LogP contribution in [-0.2, 0) is 0 Å². The molecule has 0 fully saturated rings. The van der Waals surface area contributed by atoms with Crippen molar-refractivity contribution in [3.63, 3.8) is 0 Å². The molecular formula is C14H17ClN2O2. The first-order valence-corrected chi connectivity index (χ1v) is 6.31. The third-order valence-electron chi connectivity index (χ3n) is 3.27. The Balaban J connectivity index is 2.52. The van der Waals surface area contributed by atoms with Gasteiger partial charge >= 0.3 is 0 Å². The van der Waals surface area contributed by atoms with Gasteiger partial charge in [0.05, 0.1) is 7.11 Å². The summed E-state index contributed by atoms with van der Waals surface area (Å²) in [6, 6.07) is 7.18. The summed E-state index contributed by atoms with van der Waals surface area (Å²) in [7, 11) is 1.65. The fraction of sp³-hybridized carbons (Fsp3) is 0.286. The molecule has 1 heterocycles. The molecule has 1 atom stereocenters. The van der Waals surface area contributed by atoms with Crippen LogP contribution in [0.2, 0.25) is 5.22 Å². The summed E-state index contributed by atoms with van der Waals surface area (Å²) in [6.07, 6.45) is 0. The SMILES string of the molecule is COc1c(C(NN)c2ccc(Cl)o2)ccc(C)c1C. The van der Waals surface area contributed by atoms with Crippen molar-refractivity contribution in [3.05, 3.63) is 51.9 Å². The zero-order chi connectivity index (χ0) is 14.0. The average Bonchev–Trinajstić information content (AvgIpc) is 2.81. The van der Waals surface area contributed by atoms with Crippen molar-refractivity contribution >= 4 is 11.6 Å². The van der Waals surface area contributed by atoms with Crippen LogP contribution in [0.1, 0.15) is 28.5 Å². The molecule has 1 unspecified atom stereocenters. The van der Waals surface area contributed by atoms with Crippen molar-refractivity contribution in [3.8, 4) is 5.75 Å². The van der Waals surface area contributed by atoms with Crippen LogP contribution in [0.5, 0.6) is 5.75 Å². The maximum Gasteiger partial charge on any atom is 0.193 e. The van der Waals surface area contributed by atoms with Crippen molar-refractivity contribution in [2.45, 2.75) is 19.9 Å². The molecule has 19 heavy (non-hydrogen) atoms. The van der Waals surface area contributed by atoms with Gasteiger partial charge in [-0.15, -0.1) is 0 Å². The summed E-state index contributed by atoms with van der Waals surface area (Å²) in [5.74, 6) is 7.10. The van der Waals surface area contributed by atoms with Crippen LogP contribution in [0.15, 0.2) is 28.7 Å². The van der Waals surface area contributed by atoms with E-state index < -0.39 is 0 Å². The van der Waals surface area contributed by atoms with E-state index in [4.69, 9.17) is 26.6 Å². The van der Waals surface area contributed by atoms with Crippen LogP contribution in [0.3, 0.4) is 0 Å². The Bertz CT molecular complexity index is 581. The first-order chi connectivity index (χ1) is 9.08. The van der Waals surface area contributed by atoms with Gasteiger partial charge in [0.2, 0.25) is 0 Å². The number of benzene rings is 1. The van der Waals surface area contributed by atoms with Gasteiger partial charge in [-0.25, -0.2) is 5.43 Å². The summed E-state index contributed by atoms with van der Waals surface area (Å²) in [4.78, 5) is 0. The van der Waals surface area contributed by atoms with Crippen LogP contribution < -0.4 is 16.0 Å². The van der Waals surface area contributed by atoms with E-state index in [9.17, 15) is 0 Å². The Morgan fingerprint density at radius 1 is 1.26 bits per heavy atom. The molecule has 4 nitrogen and oxygen atoms in total. The summed E-state index contributed by atoms with van der Waals surface area (Å²) >= 11 is 5.81. The maximum atomic E-state index is 5.81. The summed E-state index contributed by atoms with van der Waals surface area (Å²) in [5.41, 5.74) is 5.90. The number of hydrogen-bond acceptors (Lipinski definition) is 4. The zero-order valence-corrected chi connectivity index (χ0v) is 11.9. The number of halogens is 1. The molecule has 0 bridgehead atoms. The molecule has 1 aromatic heterocycles. The van der Waals surface area contributed by atoms with Crippen molar-refractivity contribution in [2.24, 2.45) is 5.84 Å². The standard InChI is InChI=1S/C14H17ClN2O2/c1-8-4-5-10(14(18-3)9(8)2)13(17-16)11-6-7-12(15)19-11/h4-7,13,17H,16H2,1-3H3. The first kappa shape index (κ1) is 13.9. The number of nitrogens with two attached hydrogens (primary N) is 1. The van der Waals surface area contributed by atoms with Crippen molar-refractivity contribution in [1.82, 2.24) is 5.43 Å². The minimum absolute atomic E-state index is 0.304. The largest absolute Gasteiger partial charge is 0.496 e. The smallest absolute Gasteiger partial charge is 0.193 e. The fourth-order valence-electron chi connectivity index (χ4n) is 2.12. The zero-order valence-electron chi connectivity index (χ0n) is 11.2. The molecular weight excluding hydrogens is 264 g/mol. The molecule has 0 aliphatic rings. The minimum Gasteiger partial charge on any atom is -0.496 e. The van der Waals surface area contributed by atoms with E-state index in [-0.39, 0.29) is 6.04 Å². The van der Waals surface area contributed by atoms with E-state index in [1.165, 1.54) is 0 Å². The lowest BCUT2D eigenvalue weighted by atomic mass is 9.98.